The van der Waals surface area contributed by atoms with E-state index >= 15 is 0 Å². The van der Waals surface area contributed by atoms with E-state index in [2.05, 4.69) is 70.6 Å². The van der Waals surface area contributed by atoms with E-state index in [0.29, 0.717) is 11.4 Å². The van der Waals surface area contributed by atoms with Gasteiger partial charge in [-0.15, -0.1) is 0 Å². The molecule has 2 N–H and O–H groups in total. The number of aryl methyl sites for hydroxylation is 2. The lowest BCUT2D eigenvalue weighted by Crippen LogP contribution is -1.85. The first-order valence-electron chi connectivity index (χ1n) is 11.5. The van der Waals surface area contributed by atoms with Crippen molar-refractivity contribution < 1.29 is 19.2 Å². The van der Waals surface area contributed by atoms with Crippen LogP contribution in [0.2, 0.25) is 0 Å². The van der Waals surface area contributed by atoms with Crippen LogP contribution in [0.15, 0.2) is 107 Å². The number of rotatable bonds is 5. The molecule has 8 heteroatoms. The maximum Gasteiger partial charge on any atom is 0.240 e. The van der Waals surface area contributed by atoms with E-state index < -0.39 is 0 Å². The molecule has 0 aliphatic carbocycles. The molecule has 0 aliphatic heterocycles. The highest BCUT2D eigenvalue weighted by atomic mass is 16.1. The molecule has 0 saturated carbocycles. The number of nitrogens with one attached hydrogen (secondary N) is 2. The molecule has 4 aromatic carbocycles. The summed E-state index contributed by atoms with van der Waals surface area (Å²) in [5, 5.41) is 10.8. The van der Waals surface area contributed by atoms with Crippen molar-refractivity contribution in [2.75, 3.05) is 0 Å². The Morgan fingerprint density at radius 2 is 0.897 bits per heavy atom. The zero-order valence-corrected chi connectivity index (χ0v) is 21.5. The second-order valence-corrected chi connectivity index (χ2v) is 7.76. The summed E-state index contributed by atoms with van der Waals surface area (Å²) in [4.78, 5) is 44.5. The summed E-state index contributed by atoms with van der Waals surface area (Å²) >= 11 is 0. The summed E-state index contributed by atoms with van der Waals surface area (Å²) in [5.41, 5.74) is 7.79. The minimum absolute atomic E-state index is 0.614. The van der Waals surface area contributed by atoms with Crippen molar-refractivity contribution in [1.82, 2.24) is 0 Å². The first-order valence-corrected chi connectivity index (χ1v) is 11.5. The van der Waals surface area contributed by atoms with Crippen molar-refractivity contribution in [2.24, 2.45) is 9.98 Å². The molecule has 0 bridgehead atoms. The van der Waals surface area contributed by atoms with E-state index in [1.807, 2.05) is 38.1 Å². The number of hydrogen-bond acceptors (Lipinski definition) is 8. The number of isocyanates is 4. The molecule has 0 atom stereocenters. The van der Waals surface area contributed by atoms with E-state index in [-0.39, 0.29) is 0 Å². The number of aliphatic imine (C=N–C) groups is 2. The number of nitrogens with zero attached hydrogens (tertiary/aromatic N) is 2. The molecule has 0 unspecified atom stereocenters. The molecule has 0 heterocycles. The quantitative estimate of drug-likeness (QED) is 0.217. The van der Waals surface area contributed by atoms with Gasteiger partial charge in [0.05, 0.1) is 11.4 Å². The van der Waals surface area contributed by atoms with Gasteiger partial charge in [0, 0.05) is 0 Å². The summed E-state index contributed by atoms with van der Waals surface area (Å²) < 4.78 is 0. The molecule has 0 fully saturated rings. The molecular weight excluding hydrogens is 492 g/mol. The predicted molar refractivity (Wildman–Crippen MR) is 149 cm³/mol. The van der Waals surface area contributed by atoms with Crippen LogP contribution >= 0.6 is 0 Å². The fourth-order valence-electron chi connectivity index (χ4n) is 3.45. The molecule has 0 spiro atoms. The largest absolute Gasteiger partial charge is 0.240 e. The van der Waals surface area contributed by atoms with Crippen LogP contribution in [0, 0.1) is 24.7 Å². The van der Waals surface area contributed by atoms with Crippen molar-refractivity contribution in [3.05, 3.63) is 119 Å². The Morgan fingerprint density at radius 1 is 0.564 bits per heavy atom. The molecule has 0 amide bonds. The average molecular weight is 519 g/mol. The third-order valence-electron chi connectivity index (χ3n) is 5.15. The maximum absolute atomic E-state index is 10.3. The monoisotopic (exact) mass is 518 g/mol. The molecular formula is C31H26N4O4. The first kappa shape index (κ1) is 31.4. The molecule has 0 radical (unpaired) electrons. The molecule has 8 nitrogen and oxygen atoms in total. The predicted octanol–water partition coefficient (Wildman–Crippen LogP) is 6.98. The molecule has 194 valence electrons. The normalized spacial score (nSPS) is 8.56. The molecule has 0 aromatic heterocycles. The minimum Gasteiger partial charge on any atom is -0.222 e. The topological polar surface area (TPSA) is 141 Å². The van der Waals surface area contributed by atoms with Crippen LogP contribution in [0.25, 0.3) is 11.1 Å². The highest BCUT2D eigenvalue weighted by Crippen LogP contribution is 2.29. The van der Waals surface area contributed by atoms with Crippen LogP contribution in [0.3, 0.4) is 0 Å². The van der Waals surface area contributed by atoms with Crippen LogP contribution in [-0.4, -0.2) is 24.3 Å². The van der Waals surface area contributed by atoms with E-state index in [1.54, 1.807) is 24.3 Å². The third-order valence-corrected chi connectivity index (χ3v) is 5.15. The van der Waals surface area contributed by atoms with E-state index in [4.69, 9.17) is 20.4 Å². The Hall–Kier alpha value is -5.60. The van der Waals surface area contributed by atoms with Crippen LogP contribution < -0.4 is 0 Å². The second-order valence-electron chi connectivity index (χ2n) is 7.76. The molecule has 4 aromatic rings. The second kappa shape index (κ2) is 18.6. The van der Waals surface area contributed by atoms with Gasteiger partial charge in [-0.2, -0.15) is 9.98 Å². The van der Waals surface area contributed by atoms with Crippen LogP contribution in [-0.2, 0) is 25.6 Å². The summed E-state index contributed by atoms with van der Waals surface area (Å²) in [6.45, 7) is 3.77. The van der Waals surface area contributed by atoms with Crippen molar-refractivity contribution in [1.29, 1.82) is 10.8 Å². The van der Waals surface area contributed by atoms with Gasteiger partial charge in [-0.3, -0.25) is 0 Å². The van der Waals surface area contributed by atoms with Crippen LogP contribution in [0.4, 0.5) is 11.4 Å². The average Bonchev–Trinajstić information content (AvgIpc) is 2.94. The van der Waals surface area contributed by atoms with Gasteiger partial charge in [0.1, 0.15) is 0 Å². The van der Waals surface area contributed by atoms with Gasteiger partial charge in [-0.1, -0.05) is 72.8 Å². The maximum atomic E-state index is 10.3. The van der Waals surface area contributed by atoms with Crippen molar-refractivity contribution in [3.8, 4) is 11.1 Å². The Balaban J connectivity index is 0.000000342. The van der Waals surface area contributed by atoms with E-state index in [9.17, 15) is 9.59 Å². The fourth-order valence-corrected chi connectivity index (χ4v) is 3.45. The SMILES string of the molecule is Cc1cc(-c2ccc(N=C=O)c(C)c2)ccc1N=C=O.N=C=O.N=C=O.c1ccc(Cc2ccccc2)cc1. The Bertz CT molecular complexity index is 1380. The number of hydrogen-bond donors (Lipinski definition) is 2. The van der Waals surface area contributed by atoms with Gasteiger partial charge >= 0.3 is 0 Å². The van der Waals surface area contributed by atoms with Crippen molar-refractivity contribution in [2.45, 2.75) is 20.3 Å². The molecule has 0 aliphatic rings. The lowest BCUT2D eigenvalue weighted by Gasteiger charge is -2.07. The molecule has 0 saturated heterocycles. The lowest BCUT2D eigenvalue weighted by molar-refractivity contribution is 0.562. The van der Waals surface area contributed by atoms with Gasteiger partial charge in [-0.05, 0) is 77.9 Å². The van der Waals surface area contributed by atoms with Gasteiger partial charge in [0.15, 0.2) is 0 Å². The van der Waals surface area contributed by atoms with Gasteiger partial charge in [0.25, 0.3) is 0 Å². The summed E-state index contributed by atoms with van der Waals surface area (Å²) in [6, 6.07) is 32.3. The van der Waals surface area contributed by atoms with Crippen molar-refractivity contribution >= 4 is 35.7 Å². The molecule has 4 rings (SSSR count). The zero-order valence-electron chi connectivity index (χ0n) is 21.5. The Kier molecular flexibility index (Phi) is 15.0. The number of benzene rings is 4. The Morgan fingerprint density at radius 3 is 1.18 bits per heavy atom. The van der Waals surface area contributed by atoms with Crippen molar-refractivity contribution in [3.63, 3.8) is 0 Å². The van der Waals surface area contributed by atoms with Crippen LogP contribution in [0.1, 0.15) is 22.3 Å². The summed E-state index contributed by atoms with van der Waals surface area (Å²) in [5.74, 6) is 0. The van der Waals surface area contributed by atoms with Gasteiger partial charge in [0.2, 0.25) is 24.3 Å². The summed E-state index contributed by atoms with van der Waals surface area (Å²) in [7, 11) is 0. The summed E-state index contributed by atoms with van der Waals surface area (Å²) in [6.07, 6.45) is 5.61. The molecule has 39 heavy (non-hydrogen) atoms. The van der Waals surface area contributed by atoms with E-state index in [0.717, 1.165) is 40.8 Å². The Labute approximate surface area is 226 Å². The standard InChI is InChI=1S/C16H12N2O2.C13H12.2CHNO/c1-11-7-13(3-5-15(11)17-9-19)14-4-6-16(18-10-20)12(2)8-14;1-3-7-12(8-4-1)11-13-9-5-2-6-10-13;2*2-1-3/h3-8H,1-2H3;1-10H,11H2;2*2H. The lowest BCUT2D eigenvalue weighted by atomic mass is 10.00. The smallest absolute Gasteiger partial charge is 0.222 e. The highest BCUT2D eigenvalue weighted by Gasteiger charge is 2.04. The minimum atomic E-state index is 0.614. The number of carbonyl (C=O) groups excluding carboxylic acids is 4. The third kappa shape index (κ3) is 11.8. The van der Waals surface area contributed by atoms with Crippen LogP contribution in [0.5, 0.6) is 0 Å². The van der Waals surface area contributed by atoms with E-state index in [1.165, 1.54) is 11.1 Å². The fraction of sp³-hybridized carbons (Fsp3) is 0.0968. The highest BCUT2D eigenvalue weighted by molar-refractivity contribution is 5.71. The zero-order chi connectivity index (χ0) is 28.9. The van der Waals surface area contributed by atoms with Gasteiger partial charge < -0.3 is 0 Å². The van der Waals surface area contributed by atoms with Gasteiger partial charge in [-0.25, -0.2) is 30.0 Å². The first-order chi connectivity index (χ1) is 18.9.